The number of benzene rings is 2. The van der Waals surface area contributed by atoms with Crippen molar-refractivity contribution in [1.82, 2.24) is 46.7 Å². The summed E-state index contributed by atoms with van der Waals surface area (Å²) in [7, 11) is 0. The summed E-state index contributed by atoms with van der Waals surface area (Å²) in [5.41, 5.74) is 13.7. The lowest BCUT2D eigenvalue weighted by Gasteiger charge is -2.33. The van der Waals surface area contributed by atoms with Crippen LogP contribution in [0.4, 0.5) is 0 Å². The van der Waals surface area contributed by atoms with Gasteiger partial charge in [0, 0.05) is 94.1 Å². The number of allylic oxidation sites excluding steroid dienone is 1. The molecule has 11 N–H and O–H groups in total. The molecule has 2 aromatic carbocycles. The number of fused-ring (bicyclic) bond motifs is 1. The Morgan fingerprint density at radius 3 is 1.99 bits per heavy atom. The molecule has 3 fully saturated rings. The third-order valence-electron chi connectivity index (χ3n) is 14.3. The smallest absolute Gasteiger partial charge is 0.246 e. The van der Waals surface area contributed by atoms with Crippen LogP contribution in [0.3, 0.4) is 0 Å². The van der Waals surface area contributed by atoms with Crippen LogP contribution in [0.1, 0.15) is 95.6 Å². The minimum Gasteiger partial charge on any atom is -0.370 e. The van der Waals surface area contributed by atoms with Crippen molar-refractivity contribution in [3.8, 4) is 0 Å². The molecule has 23 nitrogen and oxygen atoms in total. The number of nitrogens with two attached hydrogens (primary N) is 2. The van der Waals surface area contributed by atoms with E-state index in [4.69, 9.17) is 11.5 Å². The molecule has 0 unspecified atom stereocenters. The Morgan fingerprint density at radius 1 is 0.701 bits per heavy atom. The summed E-state index contributed by atoms with van der Waals surface area (Å²) >= 11 is 0. The van der Waals surface area contributed by atoms with Crippen molar-refractivity contribution in [3.63, 3.8) is 0 Å². The molecule has 3 aromatic rings. The van der Waals surface area contributed by atoms with Gasteiger partial charge in [0.1, 0.15) is 48.1 Å². The topological polar surface area (TPSA) is 342 Å². The molecule has 4 aliphatic heterocycles. The summed E-state index contributed by atoms with van der Waals surface area (Å²) < 4.78 is 0. The van der Waals surface area contributed by atoms with Crippen molar-refractivity contribution in [2.45, 2.75) is 146 Å². The highest BCUT2D eigenvalue weighted by Gasteiger charge is 2.44. The Balaban J connectivity index is 1.29. The molecule has 0 radical (unpaired) electrons. The average molecular weight is 1060 g/mol. The number of nitrogens with one attached hydrogen (secondary N) is 7. The predicted octanol–water partition coefficient (Wildman–Crippen LogP) is 0.00790. The van der Waals surface area contributed by atoms with Gasteiger partial charge in [-0.05, 0) is 69.1 Å². The monoisotopic (exact) mass is 1060 g/mol. The summed E-state index contributed by atoms with van der Waals surface area (Å²) in [6.45, 7) is 3.06. The van der Waals surface area contributed by atoms with E-state index >= 15 is 4.79 Å². The first-order valence-corrected chi connectivity index (χ1v) is 26.2. The van der Waals surface area contributed by atoms with Gasteiger partial charge in [-0.25, -0.2) is 0 Å². The van der Waals surface area contributed by atoms with Crippen LogP contribution in [-0.4, -0.2) is 154 Å². The van der Waals surface area contributed by atoms with Gasteiger partial charge in [-0.2, -0.15) is 0 Å². The van der Waals surface area contributed by atoms with Crippen LogP contribution in [0, 0.1) is 0 Å². The number of Topliss-reactive ketones (excluding diaryl/α,β-unsaturated/α-hetero) is 2. The first-order valence-electron chi connectivity index (χ1n) is 26.2. The van der Waals surface area contributed by atoms with Crippen LogP contribution in [0.25, 0.3) is 10.9 Å². The van der Waals surface area contributed by atoms with Crippen molar-refractivity contribution < 1.29 is 47.9 Å². The number of H-pyrrole nitrogens is 1. The minimum absolute atomic E-state index is 0.0512. The number of carbonyl (C=O) groups excluding carboxylic acids is 10. The molecule has 4 aliphatic rings. The normalized spacial score (nSPS) is 25.0. The zero-order chi connectivity index (χ0) is 55.2. The van der Waals surface area contributed by atoms with Crippen LogP contribution in [-0.2, 0) is 60.8 Å². The van der Waals surface area contributed by atoms with Crippen molar-refractivity contribution in [3.05, 3.63) is 83.7 Å². The summed E-state index contributed by atoms with van der Waals surface area (Å²) in [5.74, 6) is -6.93. The van der Waals surface area contributed by atoms with Gasteiger partial charge >= 0.3 is 0 Å². The molecular weight excluding hydrogens is 991 g/mol. The quantitative estimate of drug-likeness (QED) is 0.0586. The van der Waals surface area contributed by atoms with E-state index in [2.05, 4.69) is 46.9 Å². The maximum atomic E-state index is 15.0. The van der Waals surface area contributed by atoms with Gasteiger partial charge in [-0.1, -0.05) is 54.6 Å². The maximum absolute atomic E-state index is 15.0. The average Bonchev–Trinajstić information content (AvgIpc) is 4.28. The summed E-state index contributed by atoms with van der Waals surface area (Å²) in [6.07, 6.45) is 5.69. The molecule has 0 spiro atoms. The van der Waals surface area contributed by atoms with E-state index in [0.717, 1.165) is 10.9 Å². The van der Waals surface area contributed by atoms with E-state index in [-0.39, 0.29) is 69.8 Å². The number of ketones is 2. The van der Waals surface area contributed by atoms with Gasteiger partial charge in [-0.3, -0.25) is 57.9 Å². The molecule has 8 amide bonds. The number of likely N-dealkylation sites (tertiary alicyclic amines) is 2. The molecule has 23 heteroatoms. The fraction of sp³-hybridized carbons (Fsp3) is 0.481. The lowest BCUT2D eigenvalue weighted by atomic mass is 9.99. The zero-order valence-corrected chi connectivity index (χ0v) is 43.4. The number of amides is 8. The molecule has 0 aliphatic carbocycles. The van der Waals surface area contributed by atoms with Crippen LogP contribution >= 0.6 is 0 Å². The van der Waals surface area contributed by atoms with Crippen molar-refractivity contribution in [2.24, 2.45) is 21.5 Å². The largest absolute Gasteiger partial charge is 0.370 e. The number of guanidine groups is 1. The lowest BCUT2D eigenvalue weighted by molar-refractivity contribution is -0.148. The van der Waals surface area contributed by atoms with Crippen LogP contribution in [0.2, 0.25) is 0 Å². The molecule has 410 valence electrons. The standard InChI is InChI=1S/C54H69N13O10/c1-31(68)45-18-10-24-66(45)53(77)46-19-11-25-67(46)52(76)44-29-36(70)20-21-40(60-32(2)69)48(72)64-43(28-35-14-8-22-57-35)51(75)62-41(26-33-12-4-3-5-13-33)49(73)61-39(17-9-23-58-54(55)56)47(71)63-42(50(74)65-44)27-34-30-59-38-16-7-6-15-37(34)38/h3-7,12-16,22,30,39-46,59H,8-11,17-21,23-29H2,1-2H3,(H,60,69)(H,61,73)(H,62,75)(H,63,71)(H,64,72)(H,65,74)(H4,55,56,58)/t39-,40-,41+,42-,43-,44-,45-,46-/m0/s1. The first-order chi connectivity index (χ1) is 36.9. The van der Waals surface area contributed by atoms with Crippen LogP contribution in [0.5, 0.6) is 0 Å². The third kappa shape index (κ3) is 15.2. The van der Waals surface area contributed by atoms with Gasteiger partial charge in [-0.15, -0.1) is 0 Å². The van der Waals surface area contributed by atoms with Crippen molar-refractivity contribution in [2.75, 3.05) is 19.6 Å². The van der Waals surface area contributed by atoms with E-state index in [0.29, 0.717) is 49.1 Å². The second kappa shape index (κ2) is 26.5. The highest BCUT2D eigenvalue weighted by molar-refractivity contribution is 6.00. The van der Waals surface area contributed by atoms with Crippen molar-refractivity contribution >= 4 is 81.9 Å². The lowest BCUT2D eigenvalue weighted by Crippen LogP contribution is -2.61. The van der Waals surface area contributed by atoms with Gasteiger partial charge in [0.25, 0.3) is 0 Å². The molecule has 3 saturated heterocycles. The zero-order valence-electron chi connectivity index (χ0n) is 43.4. The molecule has 77 heavy (non-hydrogen) atoms. The number of aromatic amines is 1. The van der Waals surface area contributed by atoms with Crippen LogP contribution < -0.4 is 43.4 Å². The van der Waals surface area contributed by atoms with Gasteiger partial charge in [0.2, 0.25) is 47.3 Å². The second-order valence-electron chi connectivity index (χ2n) is 20.0. The number of hydrogen-bond acceptors (Lipinski definition) is 12. The second-order valence-corrected chi connectivity index (χ2v) is 20.0. The fourth-order valence-electron chi connectivity index (χ4n) is 10.4. The van der Waals surface area contributed by atoms with E-state index in [1.54, 1.807) is 54.9 Å². The predicted molar refractivity (Wildman–Crippen MR) is 284 cm³/mol. The summed E-state index contributed by atoms with van der Waals surface area (Å²) in [6, 6.07) is 5.82. The number of hydrogen-bond donors (Lipinski definition) is 9. The third-order valence-corrected chi connectivity index (χ3v) is 14.3. The summed E-state index contributed by atoms with van der Waals surface area (Å²) in [4.78, 5) is 156. The Hall–Kier alpha value is -8.24. The first kappa shape index (κ1) is 56.5. The van der Waals surface area contributed by atoms with E-state index < -0.39 is 114 Å². The van der Waals surface area contributed by atoms with Crippen LogP contribution in [0.15, 0.2) is 82.6 Å². The number of aromatic nitrogens is 1. The number of para-hydroxylation sites is 1. The van der Waals surface area contributed by atoms with E-state index in [1.807, 2.05) is 18.2 Å². The Morgan fingerprint density at radius 2 is 1.31 bits per heavy atom. The van der Waals surface area contributed by atoms with Gasteiger partial charge in [0.15, 0.2) is 11.7 Å². The fourth-order valence-corrected chi connectivity index (χ4v) is 10.4. The molecule has 0 bridgehead atoms. The molecule has 1 aromatic heterocycles. The minimum atomic E-state index is -1.62. The van der Waals surface area contributed by atoms with E-state index in [9.17, 15) is 43.2 Å². The molecule has 8 atom stereocenters. The van der Waals surface area contributed by atoms with Crippen molar-refractivity contribution in [1.29, 1.82) is 0 Å². The van der Waals surface area contributed by atoms with Gasteiger partial charge in [0.05, 0.1) is 6.04 Å². The number of nitrogens with zero attached hydrogens (tertiary/aromatic N) is 4. The Kier molecular flexibility index (Phi) is 19.4. The Bertz CT molecular complexity index is 2810. The highest BCUT2D eigenvalue weighted by atomic mass is 16.2. The maximum Gasteiger partial charge on any atom is 0.246 e. The number of carbonyl (C=O) groups is 10. The van der Waals surface area contributed by atoms with Gasteiger partial charge < -0.3 is 58.2 Å². The molecule has 5 heterocycles. The SMILES string of the molecule is CC(=O)N[C@H]1CCC(=O)C[C@@H](C(=O)N2CCC[C@H]2C(=O)N2CCC[C@H]2C(C)=O)NC(=O)[C@H](Cc2c[nH]c3ccccc23)NC(=O)[C@H](CCCN=C(N)N)NC(=O)[C@@H](Cc2ccccc2)NC(=O)[C@H](CC2=CCC=N2)NC1=O. The Labute approximate surface area is 445 Å². The number of aliphatic imine (C=N–C) groups is 2. The molecule has 7 rings (SSSR count). The van der Waals surface area contributed by atoms with E-state index in [1.165, 1.54) is 23.6 Å². The highest BCUT2D eigenvalue weighted by Crippen LogP contribution is 2.27. The number of rotatable bonds is 14. The molecular formula is C54H69N13O10. The summed E-state index contributed by atoms with van der Waals surface area (Å²) in [5, 5.41) is 17.1. The molecule has 0 saturated carbocycles.